The summed E-state index contributed by atoms with van der Waals surface area (Å²) in [5.41, 5.74) is 3.64. The molecule has 3 heteroatoms. The Bertz CT molecular complexity index is 735. The van der Waals surface area contributed by atoms with Crippen molar-refractivity contribution < 1.29 is 0 Å². The lowest BCUT2D eigenvalue weighted by Gasteiger charge is -2.28. The fourth-order valence-corrected chi connectivity index (χ4v) is 3.19. The number of nitriles is 1. The number of anilines is 1. The van der Waals surface area contributed by atoms with E-state index >= 15 is 0 Å². The fourth-order valence-electron chi connectivity index (χ4n) is 2.95. The molecule has 116 valence electrons. The topological polar surface area (TPSA) is 27.0 Å². The van der Waals surface area contributed by atoms with Crippen LogP contribution in [0.1, 0.15) is 30.4 Å². The van der Waals surface area contributed by atoms with Crippen LogP contribution in [0.25, 0.3) is 11.6 Å². The minimum absolute atomic E-state index is 0.585. The molecule has 1 heterocycles. The van der Waals surface area contributed by atoms with Crippen molar-refractivity contribution in [3.05, 3.63) is 64.7 Å². The molecule has 2 nitrogen and oxygen atoms in total. The number of rotatable bonds is 3. The number of piperidine rings is 1. The number of hydrogen-bond acceptors (Lipinski definition) is 2. The maximum atomic E-state index is 9.44. The molecule has 0 bridgehead atoms. The predicted octanol–water partition coefficient (Wildman–Crippen LogP) is 5.39. The molecule has 2 aromatic rings. The normalized spacial score (nSPS) is 15.3. The highest BCUT2D eigenvalue weighted by Gasteiger charge is 2.10. The smallest absolute Gasteiger partial charge is 0.0998 e. The second kappa shape index (κ2) is 7.35. The molecule has 0 N–H and O–H groups in total. The summed E-state index contributed by atoms with van der Waals surface area (Å²) in [4.78, 5) is 2.43. The van der Waals surface area contributed by atoms with Crippen LogP contribution >= 0.6 is 11.6 Å². The van der Waals surface area contributed by atoms with Crippen LogP contribution in [0, 0.1) is 11.3 Å². The van der Waals surface area contributed by atoms with Crippen LogP contribution in [0.5, 0.6) is 0 Å². The molecule has 2 aromatic carbocycles. The van der Waals surface area contributed by atoms with Gasteiger partial charge in [-0.1, -0.05) is 41.9 Å². The van der Waals surface area contributed by atoms with Crippen molar-refractivity contribution in [2.45, 2.75) is 19.3 Å². The zero-order valence-corrected chi connectivity index (χ0v) is 13.8. The number of benzene rings is 2. The van der Waals surface area contributed by atoms with E-state index in [9.17, 15) is 5.26 Å². The SMILES string of the molecule is N#CC(=Cc1ccc(N2CCCCC2)cc1)c1ccccc1Cl. The Kier molecular flexibility index (Phi) is 5.00. The first-order valence-corrected chi connectivity index (χ1v) is 8.37. The van der Waals surface area contributed by atoms with Crippen LogP contribution < -0.4 is 4.90 Å². The third kappa shape index (κ3) is 3.75. The second-order valence-electron chi connectivity index (χ2n) is 5.79. The van der Waals surface area contributed by atoms with Gasteiger partial charge in [0.25, 0.3) is 0 Å². The van der Waals surface area contributed by atoms with Crippen molar-refractivity contribution >= 4 is 28.9 Å². The van der Waals surface area contributed by atoms with E-state index in [1.807, 2.05) is 30.3 Å². The standard InChI is InChI=1S/C20H19ClN2/c21-20-7-3-2-6-19(20)17(15-22)14-16-8-10-18(11-9-16)23-12-4-1-5-13-23/h2-3,6-11,14H,1,4-5,12-13H2. The number of hydrogen-bond donors (Lipinski definition) is 0. The fraction of sp³-hybridized carbons (Fsp3) is 0.250. The first-order chi connectivity index (χ1) is 11.3. The van der Waals surface area contributed by atoms with Gasteiger partial charge in [0.05, 0.1) is 11.6 Å². The zero-order valence-electron chi connectivity index (χ0n) is 13.0. The molecule has 0 atom stereocenters. The molecule has 0 aliphatic carbocycles. The van der Waals surface area contributed by atoms with Crippen LogP contribution in [0.4, 0.5) is 5.69 Å². The number of halogens is 1. The highest BCUT2D eigenvalue weighted by atomic mass is 35.5. The highest BCUT2D eigenvalue weighted by molar-refractivity contribution is 6.32. The van der Waals surface area contributed by atoms with Crippen LogP contribution in [-0.2, 0) is 0 Å². The predicted molar refractivity (Wildman–Crippen MR) is 97.4 cm³/mol. The van der Waals surface area contributed by atoms with Crippen LogP contribution in [0.15, 0.2) is 48.5 Å². The monoisotopic (exact) mass is 322 g/mol. The van der Waals surface area contributed by atoms with Crippen molar-refractivity contribution in [2.24, 2.45) is 0 Å². The highest BCUT2D eigenvalue weighted by Crippen LogP contribution is 2.26. The van der Waals surface area contributed by atoms with E-state index in [-0.39, 0.29) is 0 Å². The Morgan fingerprint density at radius 3 is 2.35 bits per heavy atom. The van der Waals surface area contributed by atoms with Gasteiger partial charge in [0.15, 0.2) is 0 Å². The van der Waals surface area contributed by atoms with Gasteiger partial charge in [-0.2, -0.15) is 5.26 Å². The Morgan fingerprint density at radius 2 is 1.70 bits per heavy atom. The number of nitrogens with zero attached hydrogens (tertiary/aromatic N) is 2. The summed E-state index contributed by atoms with van der Waals surface area (Å²) >= 11 is 6.19. The third-order valence-corrected chi connectivity index (χ3v) is 4.54. The van der Waals surface area contributed by atoms with Crippen LogP contribution in [-0.4, -0.2) is 13.1 Å². The average Bonchev–Trinajstić information content (AvgIpc) is 2.62. The molecule has 1 aliphatic heterocycles. The van der Waals surface area contributed by atoms with Gasteiger partial charge in [-0.05, 0) is 49.1 Å². The summed E-state index contributed by atoms with van der Waals surface area (Å²) in [7, 11) is 0. The molecule has 0 radical (unpaired) electrons. The van der Waals surface area contributed by atoms with Crippen LogP contribution in [0.3, 0.4) is 0 Å². The van der Waals surface area contributed by atoms with E-state index in [0.29, 0.717) is 10.6 Å². The van der Waals surface area contributed by atoms with E-state index < -0.39 is 0 Å². The van der Waals surface area contributed by atoms with Crippen molar-refractivity contribution in [1.29, 1.82) is 5.26 Å². The molecular weight excluding hydrogens is 304 g/mol. The Balaban J connectivity index is 1.84. The molecule has 0 spiro atoms. The summed E-state index contributed by atoms with van der Waals surface area (Å²) < 4.78 is 0. The second-order valence-corrected chi connectivity index (χ2v) is 6.20. The molecule has 3 rings (SSSR count). The lowest BCUT2D eigenvalue weighted by atomic mass is 10.0. The van der Waals surface area contributed by atoms with E-state index in [0.717, 1.165) is 24.2 Å². The minimum Gasteiger partial charge on any atom is -0.372 e. The van der Waals surface area contributed by atoms with Gasteiger partial charge in [-0.3, -0.25) is 0 Å². The lowest BCUT2D eigenvalue weighted by Crippen LogP contribution is -2.29. The summed E-state index contributed by atoms with van der Waals surface area (Å²) in [6.07, 6.45) is 5.77. The van der Waals surface area contributed by atoms with E-state index in [2.05, 4.69) is 35.2 Å². The van der Waals surface area contributed by atoms with Gasteiger partial charge in [0.1, 0.15) is 0 Å². The summed E-state index contributed by atoms with van der Waals surface area (Å²) in [6, 6.07) is 18.1. The summed E-state index contributed by atoms with van der Waals surface area (Å²) in [6.45, 7) is 2.27. The summed E-state index contributed by atoms with van der Waals surface area (Å²) in [5.74, 6) is 0. The molecular formula is C20H19ClN2. The van der Waals surface area contributed by atoms with Crippen LogP contribution in [0.2, 0.25) is 5.02 Å². The number of allylic oxidation sites excluding steroid dienone is 1. The van der Waals surface area contributed by atoms with Gasteiger partial charge < -0.3 is 4.90 Å². The maximum absolute atomic E-state index is 9.44. The van der Waals surface area contributed by atoms with Crippen molar-refractivity contribution in [1.82, 2.24) is 0 Å². The lowest BCUT2D eigenvalue weighted by molar-refractivity contribution is 0.578. The summed E-state index contributed by atoms with van der Waals surface area (Å²) in [5, 5.41) is 10.0. The Hall–Kier alpha value is -2.24. The van der Waals surface area contributed by atoms with Gasteiger partial charge in [0, 0.05) is 29.4 Å². The van der Waals surface area contributed by atoms with Crippen molar-refractivity contribution in [2.75, 3.05) is 18.0 Å². The van der Waals surface area contributed by atoms with E-state index in [1.54, 1.807) is 0 Å². The van der Waals surface area contributed by atoms with Gasteiger partial charge in [-0.15, -0.1) is 0 Å². The van der Waals surface area contributed by atoms with Gasteiger partial charge >= 0.3 is 0 Å². The zero-order chi connectivity index (χ0) is 16.1. The molecule has 1 aliphatic rings. The Morgan fingerprint density at radius 1 is 1.00 bits per heavy atom. The molecule has 1 fully saturated rings. The molecule has 23 heavy (non-hydrogen) atoms. The van der Waals surface area contributed by atoms with Gasteiger partial charge in [-0.25, -0.2) is 0 Å². The molecule has 0 aromatic heterocycles. The van der Waals surface area contributed by atoms with E-state index in [1.165, 1.54) is 24.9 Å². The molecule has 0 unspecified atom stereocenters. The quantitative estimate of drug-likeness (QED) is 0.559. The first kappa shape index (κ1) is 15.6. The van der Waals surface area contributed by atoms with Gasteiger partial charge in [0.2, 0.25) is 0 Å². The van der Waals surface area contributed by atoms with Crippen molar-refractivity contribution in [3.8, 4) is 6.07 Å². The Labute approximate surface area is 142 Å². The molecule has 0 saturated carbocycles. The molecule has 0 amide bonds. The van der Waals surface area contributed by atoms with Crippen molar-refractivity contribution in [3.63, 3.8) is 0 Å². The van der Waals surface area contributed by atoms with E-state index in [4.69, 9.17) is 11.6 Å². The molecule has 1 saturated heterocycles. The first-order valence-electron chi connectivity index (χ1n) is 7.99. The largest absolute Gasteiger partial charge is 0.372 e. The third-order valence-electron chi connectivity index (χ3n) is 4.21. The minimum atomic E-state index is 0.585. The average molecular weight is 323 g/mol. The maximum Gasteiger partial charge on any atom is 0.0998 e.